The number of carbonyl (C=O) groups excluding carboxylic acids is 1. The molecule has 3 aromatic rings. The minimum Gasteiger partial charge on any atom is -0.496 e. The van der Waals surface area contributed by atoms with Gasteiger partial charge in [-0.25, -0.2) is 8.42 Å². The van der Waals surface area contributed by atoms with Crippen LogP contribution in [0.2, 0.25) is 5.02 Å². The van der Waals surface area contributed by atoms with Crippen molar-refractivity contribution in [1.29, 1.82) is 0 Å². The number of nitrogens with one attached hydrogen (secondary N) is 2. The number of anilines is 1. The van der Waals surface area contributed by atoms with Crippen molar-refractivity contribution >= 4 is 33.2 Å². The van der Waals surface area contributed by atoms with Crippen LogP contribution in [0, 0.1) is 6.92 Å². The molecule has 11 heteroatoms. The van der Waals surface area contributed by atoms with E-state index in [1.54, 1.807) is 37.3 Å². The summed E-state index contributed by atoms with van der Waals surface area (Å²) in [6.45, 7) is 1.67. The Kier molecular flexibility index (Phi) is 8.09. The number of halogens is 4. The molecule has 0 aromatic heterocycles. The quantitative estimate of drug-likeness (QED) is 0.422. The van der Waals surface area contributed by atoms with E-state index in [9.17, 15) is 26.4 Å². The number of aryl methyl sites for hydroxylation is 1. The van der Waals surface area contributed by atoms with Crippen LogP contribution in [0.25, 0.3) is 0 Å². The molecule has 0 heterocycles. The predicted octanol–water partition coefficient (Wildman–Crippen LogP) is 5.20. The maximum absolute atomic E-state index is 13.1. The van der Waals surface area contributed by atoms with Crippen LogP contribution in [0.5, 0.6) is 5.75 Å². The van der Waals surface area contributed by atoms with Gasteiger partial charge >= 0.3 is 6.18 Å². The molecular weight excluding hydrogens is 505 g/mol. The summed E-state index contributed by atoms with van der Waals surface area (Å²) in [6, 6.07) is 13.9. The molecule has 3 rings (SSSR count). The summed E-state index contributed by atoms with van der Waals surface area (Å²) in [4.78, 5) is 13.0. The first-order valence-electron chi connectivity index (χ1n) is 10.3. The molecule has 0 saturated carbocycles. The highest BCUT2D eigenvalue weighted by atomic mass is 35.5. The van der Waals surface area contributed by atoms with Gasteiger partial charge in [0.2, 0.25) is 15.9 Å². The molecule has 0 saturated heterocycles. The minimum absolute atomic E-state index is 0.0579. The first kappa shape index (κ1) is 26.5. The Balaban J connectivity index is 1.93. The zero-order valence-electron chi connectivity index (χ0n) is 18.7. The fraction of sp³-hybridized carbons (Fsp3) is 0.208. The number of benzene rings is 3. The number of hydrogen-bond acceptors (Lipinski definition) is 4. The van der Waals surface area contributed by atoms with Crippen molar-refractivity contribution in [2.75, 3.05) is 12.4 Å². The van der Waals surface area contributed by atoms with Crippen LogP contribution >= 0.6 is 11.6 Å². The monoisotopic (exact) mass is 526 g/mol. The molecule has 6 nitrogen and oxygen atoms in total. The number of alkyl halides is 3. The van der Waals surface area contributed by atoms with Gasteiger partial charge in [-0.1, -0.05) is 41.9 Å². The topological polar surface area (TPSA) is 84.5 Å². The van der Waals surface area contributed by atoms with E-state index >= 15 is 0 Å². The maximum atomic E-state index is 13.1. The molecular formula is C24H22ClF3N2O4S. The molecule has 0 spiro atoms. The number of amides is 1. The van der Waals surface area contributed by atoms with Crippen LogP contribution in [-0.2, 0) is 27.4 Å². The van der Waals surface area contributed by atoms with E-state index in [1.165, 1.54) is 25.3 Å². The van der Waals surface area contributed by atoms with Crippen LogP contribution in [0.1, 0.15) is 16.7 Å². The second-order valence-corrected chi connectivity index (χ2v) is 9.80. The summed E-state index contributed by atoms with van der Waals surface area (Å²) in [7, 11) is -2.73. The Morgan fingerprint density at radius 3 is 2.34 bits per heavy atom. The number of rotatable bonds is 8. The van der Waals surface area contributed by atoms with Crippen LogP contribution in [0.3, 0.4) is 0 Å². The van der Waals surface area contributed by atoms with Crippen molar-refractivity contribution < 1.29 is 31.1 Å². The standard InChI is InChI=1S/C24H22ClF3N2O4S/c1-15-12-18(9-11-22(15)34-2)35(32,33)30-21(13-16-6-4-3-5-7-16)23(31)29-20-14-17(24(26,27)28)8-10-19(20)25/h3-12,14,21,30H,13H2,1-2H3,(H,29,31). The van der Waals surface area contributed by atoms with E-state index in [2.05, 4.69) is 10.0 Å². The SMILES string of the molecule is COc1ccc(S(=O)(=O)NC(Cc2ccccc2)C(=O)Nc2cc(C(F)(F)F)ccc2Cl)cc1C. The number of sulfonamides is 1. The number of hydrogen-bond donors (Lipinski definition) is 2. The Bertz CT molecular complexity index is 1320. The van der Waals surface area contributed by atoms with Gasteiger partial charge in [0.25, 0.3) is 0 Å². The first-order chi connectivity index (χ1) is 16.4. The van der Waals surface area contributed by atoms with Crippen molar-refractivity contribution in [2.45, 2.75) is 30.5 Å². The summed E-state index contributed by atoms with van der Waals surface area (Å²) in [5.74, 6) is -0.384. The smallest absolute Gasteiger partial charge is 0.416 e. The molecule has 0 fully saturated rings. The lowest BCUT2D eigenvalue weighted by atomic mass is 10.1. The molecule has 0 aliphatic heterocycles. The van der Waals surface area contributed by atoms with E-state index in [0.29, 0.717) is 22.9 Å². The van der Waals surface area contributed by atoms with Crippen LogP contribution in [0.4, 0.5) is 18.9 Å². The van der Waals surface area contributed by atoms with Crippen LogP contribution in [0.15, 0.2) is 71.6 Å². The van der Waals surface area contributed by atoms with Gasteiger partial charge in [0.15, 0.2) is 0 Å². The second kappa shape index (κ2) is 10.7. The van der Waals surface area contributed by atoms with Gasteiger partial charge in [-0.3, -0.25) is 4.79 Å². The minimum atomic E-state index is -4.65. The normalized spacial score (nSPS) is 12.7. The first-order valence-corrected chi connectivity index (χ1v) is 12.2. The molecule has 0 bridgehead atoms. The fourth-order valence-electron chi connectivity index (χ4n) is 3.33. The molecule has 35 heavy (non-hydrogen) atoms. The van der Waals surface area contributed by atoms with Gasteiger partial charge in [-0.15, -0.1) is 0 Å². The summed E-state index contributed by atoms with van der Waals surface area (Å²) in [5.41, 5.74) is -0.0956. The second-order valence-electron chi connectivity index (χ2n) is 7.68. The molecule has 0 radical (unpaired) electrons. The van der Waals surface area contributed by atoms with E-state index in [1.807, 2.05) is 0 Å². The van der Waals surface area contributed by atoms with E-state index < -0.39 is 33.7 Å². The van der Waals surface area contributed by atoms with Gasteiger partial charge in [-0.2, -0.15) is 17.9 Å². The molecule has 1 atom stereocenters. The third-order valence-corrected chi connectivity index (χ3v) is 6.92. The Labute approximate surface area is 206 Å². The van der Waals surface area contributed by atoms with Gasteiger partial charge in [0.05, 0.1) is 28.3 Å². The zero-order valence-corrected chi connectivity index (χ0v) is 20.3. The predicted molar refractivity (Wildman–Crippen MR) is 127 cm³/mol. The highest BCUT2D eigenvalue weighted by Gasteiger charge is 2.32. The molecule has 186 valence electrons. The summed E-state index contributed by atoms with van der Waals surface area (Å²) >= 11 is 6.00. The fourth-order valence-corrected chi connectivity index (χ4v) is 4.77. The van der Waals surface area contributed by atoms with Gasteiger partial charge in [0, 0.05) is 0 Å². The van der Waals surface area contributed by atoms with E-state index in [4.69, 9.17) is 16.3 Å². The largest absolute Gasteiger partial charge is 0.496 e. The molecule has 1 amide bonds. The highest BCUT2D eigenvalue weighted by molar-refractivity contribution is 7.89. The number of ether oxygens (including phenoxy) is 1. The van der Waals surface area contributed by atoms with Crippen LogP contribution < -0.4 is 14.8 Å². The lowest BCUT2D eigenvalue weighted by Gasteiger charge is -2.20. The summed E-state index contributed by atoms with van der Waals surface area (Å²) in [5, 5.41) is 2.20. The van der Waals surface area contributed by atoms with E-state index in [-0.39, 0.29) is 22.0 Å². The third-order valence-electron chi connectivity index (χ3n) is 5.12. The molecule has 2 N–H and O–H groups in total. The Hall–Kier alpha value is -3.08. The highest BCUT2D eigenvalue weighted by Crippen LogP contribution is 2.34. The Morgan fingerprint density at radius 1 is 1.06 bits per heavy atom. The maximum Gasteiger partial charge on any atom is 0.416 e. The van der Waals surface area contributed by atoms with Crippen molar-refractivity contribution in [1.82, 2.24) is 4.72 Å². The van der Waals surface area contributed by atoms with Crippen LogP contribution in [-0.4, -0.2) is 27.5 Å². The molecule has 3 aromatic carbocycles. The average Bonchev–Trinajstić information content (AvgIpc) is 2.79. The van der Waals surface area contributed by atoms with Gasteiger partial charge in [-0.05, 0) is 60.9 Å². The summed E-state index contributed by atoms with van der Waals surface area (Å²) in [6.07, 6.45) is -4.71. The third kappa shape index (κ3) is 6.74. The van der Waals surface area contributed by atoms with Crippen molar-refractivity contribution in [3.8, 4) is 5.75 Å². The lowest BCUT2D eigenvalue weighted by molar-refractivity contribution is -0.137. The van der Waals surface area contributed by atoms with Gasteiger partial charge < -0.3 is 10.1 Å². The summed E-state index contributed by atoms with van der Waals surface area (Å²) < 4.78 is 73.1. The zero-order chi connectivity index (χ0) is 25.8. The van der Waals surface area contributed by atoms with Crippen molar-refractivity contribution in [2.24, 2.45) is 0 Å². The lowest BCUT2D eigenvalue weighted by Crippen LogP contribution is -2.45. The number of carbonyl (C=O) groups is 1. The Morgan fingerprint density at radius 2 is 1.74 bits per heavy atom. The molecule has 1 unspecified atom stereocenters. The van der Waals surface area contributed by atoms with Gasteiger partial charge in [0.1, 0.15) is 11.8 Å². The van der Waals surface area contributed by atoms with Crippen molar-refractivity contribution in [3.05, 3.63) is 88.4 Å². The number of methoxy groups -OCH3 is 1. The van der Waals surface area contributed by atoms with Crippen molar-refractivity contribution in [3.63, 3.8) is 0 Å². The molecule has 0 aliphatic rings. The molecule has 0 aliphatic carbocycles. The van der Waals surface area contributed by atoms with E-state index in [0.717, 1.165) is 12.1 Å². The average molecular weight is 527 g/mol.